The van der Waals surface area contributed by atoms with Crippen LogP contribution in [0.3, 0.4) is 0 Å². The van der Waals surface area contributed by atoms with Crippen LogP contribution in [0, 0.1) is 5.92 Å². The van der Waals surface area contributed by atoms with Gasteiger partial charge in [-0.1, -0.05) is 25.4 Å². The maximum Gasteiger partial charge on any atom is 0.306 e. The first-order chi connectivity index (χ1) is 9.58. The van der Waals surface area contributed by atoms with E-state index in [0.29, 0.717) is 23.0 Å². The zero-order valence-electron chi connectivity index (χ0n) is 12.6. The van der Waals surface area contributed by atoms with E-state index in [1.54, 1.807) is 17.0 Å². The van der Waals surface area contributed by atoms with Crippen molar-refractivity contribution in [2.75, 3.05) is 12.8 Å². The predicted octanol–water partition coefficient (Wildman–Crippen LogP) is 2.68. The molecule has 0 aliphatic carbocycles. The van der Waals surface area contributed by atoms with Crippen LogP contribution >= 0.6 is 11.6 Å². The highest BCUT2D eigenvalue weighted by Gasteiger charge is 2.16. The van der Waals surface area contributed by atoms with Crippen LogP contribution in [0.15, 0.2) is 18.2 Å². The minimum Gasteiger partial charge on any atom is -0.382 e. The summed E-state index contributed by atoms with van der Waals surface area (Å²) in [6, 6.07) is 4.65. The molecule has 0 bridgehead atoms. The van der Waals surface area contributed by atoms with Crippen molar-refractivity contribution in [1.82, 2.24) is 4.90 Å². The molecule has 0 saturated heterocycles. The van der Waals surface area contributed by atoms with Crippen LogP contribution in [-0.2, 0) is 21.5 Å². The van der Waals surface area contributed by atoms with Gasteiger partial charge in [0.25, 0.3) is 0 Å². The zero-order chi connectivity index (χ0) is 16.2. The number of amides is 1. The topological polar surface area (TPSA) is 63.7 Å². The molecule has 118 valence electrons. The lowest BCUT2D eigenvalue weighted by Gasteiger charge is -2.24. The van der Waals surface area contributed by atoms with Gasteiger partial charge in [-0.3, -0.25) is 4.79 Å². The van der Waals surface area contributed by atoms with E-state index in [9.17, 15) is 13.2 Å². The standard InChI is InChI=1S/C14H20ClNO4S/c1-10(2)8-16(11(3)17)9-12-7-13(15)5-6-14(12)20-21(4,18)19/h5-7,10H,8-9H2,1-4H3. The SMILES string of the molecule is CC(=O)N(Cc1cc(Cl)ccc1OS(C)(=O)=O)CC(C)C. The Balaban J connectivity index is 3.09. The van der Waals surface area contributed by atoms with Gasteiger partial charge in [-0.15, -0.1) is 0 Å². The molecule has 0 N–H and O–H groups in total. The molecule has 21 heavy (non-hydrogen) atoms. The molecule has 0 saturated carbocycles. The fourth-order valence-electron chi connectivity index (χ4n) is 1.87. The minimum atomic E-state index is -3.64. The molecule has 0 unspecified atom stereocenters. The summed E-state index contributed by atoms with van der Waals surface area (Å²) in [7, 11) is -3.64. The zero-order valence-corrected chi connectivity index (χ0v) is 14.2. The third-order valence-electron chi connectivity index (χ3n) is 2.66. The number of benzene rings is 1. The summed E-state index contributed by atoms with van der Waals surface area (Å²) in [6.45, 7) is 6.30. The lowest BCUT2D eigenvalue weighted by atomic mass is 10.1. The van der Waals surface area contributed by atoms with Crippen LogP contribution < -0.4 is 4.18 Å². The Bertz CT molecular complexity index is 613. The van der Waals surface area contributed by atoms with Crippen LogP contribution in [0.2, 0.25) is 5.02 Å². The Kier molecular flexibility index (Phi) is 6.04. The quantitative estimate of drug-likeness (QED) is 0.751. The van der Waals surface area contributed by atoms with Gasteiger partial charge in [0.05, 0.1) is 6.26 Å². The summed E-state index contributed by atoms with van der Waals surface area (Å²) < 4.78 is 27.5. The Morgan fingerprint density at radius 1 is 1.38 bits per heavy atom. The Morgan fingerprint density at radius 3 is 2.48 bits per heavy atom. The second kappa shape index (κ2) is 7.13. The van der Waals surface area contributed by atoms with Crippen molar-refractivity contribution in [1.29, 1.82) is 0 Å². The molecule has 1 aromatic rings. The van der Waals surface area contributed by atoms with E-state index in [0.717, 1.165) is 6.26 Å². The van der Waals surface area contributed by atoms with E-state index < -0.39 is 10.1 Å². The van der Waals surface area contributed by atoms with Crippen molar-refractivity contribution < 1.29 is 17.4 Å². The van der Waals surface area contributed by atoms with E-state index in [4.69, 9.17) is 15.8 Å². The van der Waals surface area contributed by atoms with Gasteiger partial charge in [-0.25, -0.2) is 0 Å². The summed E-state index contributed by atoms with van der Waals surface area (Å²) in [6.07, 6.45) is 0.974. The van der Waals surface area contributed by atoms with Gasteiger partial charge in [-0.2, -0.15) is 8.42 Å². The molecule has 1 rings (SSSR count). The van der Waals surface area contributed by atoms with Crippen molar-refractivity contribution in [2.24, 2.45) is 5.92 Å². The van der Waals surface area contributed by atoms with Crippen molar-refractivity contribution in [3.8, 4) is 5.75 Å². The van der Waals surface area contributed by atoms with Crippen molar-refractivity contribution in [3.05, 3.63) is 28.8 Å². The van der Waals surface area contributed by atoms with Crippen molar-refractivity contribution >= 4 is 27.6 Å². The molecule has 1 amide bonds. The second-order valence-corrected chi connectivity index (χ2v) is 7.34. The molecular formula is C14H20ClNO4S. The Hall–Kier alpha value is -1.27. The van der Waals surface area contributed by atoms with Gasteiger partial charge in [0.15, 0.2) is 0 Å². The number of nitrogens with zero attached hydrogens (tertiary/aromatic N) is 1. The van der Waals surface area contributed by atoms with Crippen molar-refractivity contribution in [3.63, 3.8) is 0 Å². The Morgan fingerprint density at radius 2 is 2.00 bits per heavy atom. The third-order valence-corrected chi connectivity index (χ3v) is 3.37. The molecule has 0 radical (unpaired) electrons. The molecule has 1 aromatic carbocycles. The lowest BCUT2D eigenvalue weighted by Crippen LogP contribution is -2.32. The van der Waals surface area contributed by atoms with E-state index in [1.807, 2.05) is 13.8 Å². The molecule has 0 heterocycles. The normalized spacial score (nSPS) is 11.5. The predicted molar refractivity (Wildman–Crippen MR) is 82.9 cm³/mol. The summed E-state index contributed by atoms with van der Waals surface area (Å²) in [5.74, 6) is 0.401. The lowest BCUT2D eigenvalue weighted by molar-refractivity contribution is -0.130. The molecule has 0 fully saturated rings. The highest BCUT2D eigenvalue weighted by Crippen LogP contribution is 2.25. The molecule has 0 spiro atoms. The summed E-state index contributed by atoms with van der Waals surface area (Å²) >= 11 is 5.95. The van der Waals surface area contributed by atoms with Crippen LogP contribution in [0.1, 0.15) is 26.3 Å². The third kappa shape index (κ3) is 6.35. The van der Waals surface area contributed by atoms with Crippen LogP contribution in [0.4, 0.5) is 0 Å². The van der Waals surface area contributed by atoms with Gasteiger partial charge in [0.2, 0.25) is 5.91 Å². The van der Waals surface area contributed by atoms with E-state index in [2.05, 4.69) is 0 Å². The number of halogens is 1. The van der Waals surface area contributed by atoms with Crippen LogP contribution in [0.25, 0.3) is 0 Å². The smallest absolute Gasteiger partial charge is 0.306 e. The highest BCUT2D eigenvalue weighted by atomic mass is 35.5. The van der Waals surface area contributed by atoms with E-state index in [1.165, 1.54) is 13.0 Å². The largest absolute Gasteiger partial charge is 0.382 e. The molecule has 0 aromatic heterocycles. The molecular weight excluding hydrogens is 314 g/mol. The fourth-order valence-corrected chi connectivity index (χ4v) is 2.55. The average molecular weight is 334 g/mol. The van der Waals surface area contributed by atoms with Gasteiger partial charge in [0, 0.05) is 30.6 Å². The molecule has 0 aliphatic rings. The molecule has 0 atom stereocenters. The number of rotatable bonds is 6. The summed E-state index contributed by atoms with van der Waals surface area (Å²) in [4.78, 5) is 13.3. The number of hydrogen-bond donors (Lipinski definition) is 0. The summed E-state index contributed by atoms with van der Waals surface area (Å²) in [5.41, 5.74) is 0.559. The van der Waals surface area contributed by atoms with Crippen LogP contribution in [0.5, 0.6) is 5.75 Å². The molecule has 5 nitrogen and oxygen atoms in total. The second-order valence-electron chi connectivity index (χ2n) is 5.33. The van der Waals surface area contributed by atoms with Gasteiger partial charge < -0.3 is 9.08 Å². The monoisotopic (exact) mass is 333 g/mol. The number of hydrogen-bond acceptors (Lipinski definition) is 4. The van der Waals surface area contributed by atoms with E-state index >= 15 is 0 Å². The minimum absolute atomic E-state index is 0.0889. The van der Waals surface area contributed by atoms with Gasteiger partial charge in [0.1, 0.15) is 5.75 Å². The summed E-state index contributed by atoms with van der Waals surface area (Å²) in [5, 5.41) is 0.457. The van der Waals surface area contributed by atoms with Crippen LogP contribution in [-0.4, -0.2) is 32.0 Å². The number of carbonyl (C=O) groups excluding carboxylic acids is 1. The average Bonchev–Trinajstić information content (AvgIpc) is 2.29. The first-order valence-electron chi connectivity index (χ1n) is 6.52. The van der Waals surface area contributed by atoms with E-state index in [-0.39, 0.29) is 18.2 Å². The maximum absolute atomic E-state index is 11.7. The number of carbonyl (C=O) groups is 1. The fraction of sp³-hybridized carbons (Fsp3) is 0.500. The van der Waals surface area contributed by atoms with Crippen molar-refractivity contribution in [2.45, 2.75) is 27.3 Å². The maximum atomic E-state index is 11.7. The molecule has 0 aliphatic heterocycles. The highest BCUT2D eigenvalue weighted by molar-refractivity contribution is 7.86. The van der Waals surface area contributed by atoms with Gasteiger partial charge in [-0.05, 0) is 24.1 Å². The first-order valence-corrected chi connectivity index (χ1v) is 8.71. The first kappa shape index (κ1) is 17.8. The molecule has 7 heteroatoms. The van der Waals surface area contributed by atoms with Gasteiger partial charge >= 0.3 is 10.1 Å². The Labute approximate surface area is 131 Å².